The van der Waals surface area contributed by atoms with Crippen molar-refractivity contribution >= 4 is 62.0 Å². The first kappa shape index (κ1) is 21.2. The standard InChI is InChI=1S/C17H15BrCl2N2O5S/c1-26-14-3-2-10(27-15-11(19)6-9(18)7-12(15)20)8-13(14)22(28(24)25)17(4-5-17)16(21)23/h2-3,6-8H,4-5H2,1H3,(H2,21,23)(H,24,25). The number of primary amides is 1. The Morgan fingerprint density at radius 2 is 1.89 bits per heavy atom. The largest absolute Gasteiger partial charge is 0.495 e. The Morgan fingerprint density at radius 1 is 1.29 bits per heavy atom. The van der Waals surface area contributed by atoms with Crippen LogP contribution in [0.1, 0.15) is 12.8 Å². The molecule has 1 aliphatic carbocycles. The van der Waals surface area contributed by atoms with Crippen LogP contribution in [0.3, 0.4) is 0 Å². The molecule has 1 aliphatic rings. The molecule has 0 aromatic heterocycles. The van der Waals surface area contributed by atoms with E-state index in [9.17, 15) is 13.6 Å². The van der Waals surface area contributed by atoms with Crippen LogP contribution in [0.2, 0.25) is 10.0 Å². The van der Waals surface area contributed by atoms with E-state index >= 15 is 0 Å². The summed E-state index contributed by atoms with van der Waals surface area (Å²) < 4.78 is 34.7. The summed E-state index contributed by atoms with van der Waals surface area (Å²) in [5, 5.41) is 0.547. The molecule has 28 heavy (non-hydrogen) atoms. The van der Waals surface area contributed by atoms with Gasteiger partial charge in [-0.2, -0.15) is 0 Å². The Balaban J connectivity index is 2.06. The summed E-state index contributed by atoms with van der Waals surface area (Å²) in [7, 11) is 1.41. The Morgan fingerprint density at radius 3 is 2.36 bits per heavy atom. The molecule has 2 aromatic carbocycles. The summed E-state index contributed by atoms with van der Waals surface area (Å²) >= 11 is 13.2. The lowest BCUT2D eigenvalue weighted by Gasteiger charge is -2.29. The number of carbonyl (C=O) groups is 1. The van der Waals surface area contributed by atoms with E-state index in [0.29, 0.717) is 17.3 Å². The molecule has 11 heteroatoms. The third-order valence-corrected chi connectivity index (χ3v) is 6.16. The minimum atomic E-state index is -2.52. The zero-order chi connectivity index (χ0) is 20.6. The van der Waals surface area contributed by atoms with E-state index in [2.05, 4.69) is 15.9 Å². The van der Waals surface area contributed by atoms with Crippen molar-refractivity contribution in [2.45, 2.75) is 18.4 Å². The van der Waals surface area contributed by atoms with Gasteiger partial charge in [0.1, 0.15) is 17.0 Å². The van der Waals surface area contributed by atoms with Crippen LogP contribution < -0.4 is 19.5 Å². The average Bonchev–Trinajstić information content (AvgIpc) is 3.40. The minimum absolute atomic E-state index is 0.182. The predicted octanol–water partition coefficient (Wildman–Crippen LogP) is 4.52. The van der Waals surface area contributed by atoms with Gasteiger partial charge in [-0.05, 0) is 37.1 Å². The van der Waals surface area contributed by atoms with Crippen LogP contribution in [0.15, 0.2) is 34.8 Å². The third kappa shape index (κ3) is 3.95. The molecule has 0 aliphatic heterocycles. The second-order valence-corrected chi connectivity index (χ2v) is 8.61. The quantitative estimate of drug-likeness (QED) is 0.534. The van der Waals surface area contributed by atoms with Crippen molar-refractivity contribution in [1.82, 2.24) is 0 Å². The van der Waals surface area contributed by atoms with Crippen LogP contribution in [-0.4, -0.2) is 27.3 Å². The van der Waals surface area contributed by atoms with E-state index in [1.165, 1.54) is 13.2 Å². The number of amides is 1. The number of nitrogens with zero attached hydrogens (tertiary/aromatic N) is 1. The van der Waals surface area contributed by atoms with Gasteiger partial charge in [-0.1, -0.05) is 39.1 Å². The van der Waals surface area contributed by atoms with Gasteiger partial charge in [0, 0.05) is 10.5 Å². The molecule has 3 rings (SSSR count). The van der Waals surface area contributed by atoms with Crippen LogP contribution in [0.4, 0.5) is 5.69 Å². The molecule has 1 saturated carbocycles. The molecule has 1 amide bonds. The molecular weight excluding hydrogens is 495 g/mol. The number of hydrogen-bond acceptors (Lipinski definition) is 4. The molecule has 0 radical (unpaired) electrons. The summed E-state index contributed by atoms with van der Waals surface area (Å²) in [5.41, 5.74) is 4.41. The first-order chi connectivity index (χ1) is 13.2. The number of anilines is 1. The van der Waals surface area contributed by atoms with Crippen molar-refractivity contribution in [2.24, 2.45) is 5.73 Å². The maximum Gasteiger partial charge on any atom is 0.262 e. The van der Waals surface area contributed by atoms with Crippen LogP contribution in [-0.2, 0) is 16.1 Å². The average molecular weight is 510 g/mol. The Labute approximate surface area is 182 Å². The Kier molecular flexibility index (Phi) is 6.11. The zero-order valence-electron chi connectivity index (χ0n) is 14.4. The molecule has 150 valence electrons. The second kappa shape index (κ2) is 8.08. The lowest BCUT2D eigenvalue weighted by molar-refractivity contribution is -0.119. The molecule has 0 spiro atoms. The van der Waals surface area contributed by atoms with Gasteiger partial charge in [0.05, 0.1) is 22.8 Å². The SMILES string of the molecule is COc1ccc(Oc2c(Cl)cc(Br)cc2Cl)cc1N(S(=O)O)C1(C(N)=O)CC1. The number of rotatable bonds is 7. The third-order valence-electron chi connectivity index (χ3n) is 4.28. The van der Waals surface area contributed by atoms with Crippen molar-refractivity contribution in [3.05, 3.63) is 44.8 Å². The number of halogens is 3. The van der Waals surface area contributed by atoms with Crippen LogP contribution in [0, 0.1) is 0 Å². The number of nitrogens with two attached hydrogens (primary N) is 1. The highest BCUT2D eigenvalue weighted by Gasteiger charge is 2.57. The predicted molar refractivity (Wildman–Crippen MR) is 112 cm³/mol. The molecule has 1 unspecified atom stereocenters. The Hall–Kier alpha value is -1.52. The summed E-state index contributed by atoms with van der Waals surface area (Å²) in [6.45, 7) is 0. The second-order valence-electron chi connectivity index (χ2n) is 6.06. The van der Waals surface area contributed by atoms with Crippen molar-refractivity contribution in [3.8, 4) is 17.2 Å². The van der Waals surface area contributed by atoms with Crippen LogP contribution in [0.25, 0.3) is 0 Å². The molecule has 0 bridgehead atoms. The number of benzene rings is 2. The maximum absolute atomic E-state index is 12.1. The molecule has 1 fully saturated rings. The first-order valence-electron chi connectivity index (χ1n) is 7.91. The highest BCUT2D eigenvalue weighted by atomic mass is 79.9. The fourth-order valence-corrected chi connectivity index (χ4v) is 4.94. The molecular formula is C17H15BrCl2N2O5S. The fraction of sp³-hybridized carbons (Fsp3) is 0.235. The summed E-state index contributed by atoms with van der Waals surface area (Å²) in [6.07, 6.45) is 0.709. The van der Waals surface area contributed by atoms with Gasteiger partial charge in [-0.15, -0.1) is 0 Å². The lowest BCUT2D eigenvalue weighted by Crippen LogP contribution is -2.48. The minimum Gasteiger partial charge on any atom is -0.495 e. The van der Waals surface area contributed by atoms with E-state index in [-0.39, 0.29) is 33.0 Å². The highest BCUT2D eigenvalue weighted by Crippen LogP contribution is 2.48. The summed E-state index contributed by atoms with van der Waals surface area (Å²) in [5.74, 6) is 0.0746. The van der Waals surface area contributed by atoms with Gasteiger partial charge in [-0.25, -0.2) is 8.51 Å². The van der Waals surface area contributed by atoms with E-state index in [1.807, 2.05) is 0 Å². The van der Waals surface area contributed by atoms with Gasteiger partial charge in [0.15, 0.2) is 5.75 Å². The van der Waals surface area contributed by atoms with E-state index in [1.54, 1.807) is 24.3 Å². The Bertz CT molecular complexity index is 948. The van der Waals surface area contributed by atoms with Gasteiger partial charge in [-0.3, -0.25) is 9.35 Å². The number of carbonyl (C=O) groups excluding carboxylic acids is 1. The van der Waals surface area contributed by atoms with E-state index in [0.717, 1.165) is 4.31 Å². The fourth-order valence-electron chi connectivity index (χ4n) is 2.77. The molecule has 0 heterocycles. The molecule has 3 N–H and O–H groups in total. The maximum atomic E-state index is 12.1. The van der Waals surface area contributed by atoms with Gasteiger partial charge in [0.2, 0.25) is 5.91 Å². The summed E-state index contributed by atoms with van der Waals surface area (Å²) in [4.78, 5) is 11.9. The summed E-state index contributed by atoms with van der Waals surface area (Å²) in [6, 6.07) is 7.83. The molecule has 2 aromatic rings. The molecule has 7 nitrogen and oxygen atoms in total. The number of methoxy groups -OCH3 is 1. The zero-order valence-corrected chi connectivity index (χ0v) is 18.4. The normalized spacial score (nSPS) is 15.6. The molecule has 1 atom stereocenters. The smallest absolute Gasteiger partial charge is 0.262 e. The molecule has 0 saturated heterocycles. The number of hydrogen-bond donors (Lipinski definition) is 2. The topological polar surface area (TPSA) is 102 Å². The van der Waals surface area contributed by atoms with Crippen molar-refractivity contribution in [3.63, 3.8) is 0 Å². The highest BCUT2D eigenvalue weighted by molar-refractivity contribution is 9.10. The van der Waals surface area contributed by atoms with Crippen LogP contribution in [0.5, 0.6) is 17.2 Å². The van der Waals surface area contributed by atoms with Gasteiger partial charge >= 0.3 is 0 Å². The lowest BCUT2D eigenvalue weighted by atomic mass is 10.2. The van der Waals surface area contributed by atoms with Gasteiger partial charge in [0.25, 0.3) is 11.3 Å². The number of ether oxygens (including phenoxy) is 2. The van der Waals surface area contributed by atoms with Crippen LogP contribution >= 0.6 is 39.1 Å². The van der Waals surface area contributed by atoms with E-state index < -0.39 is 22.7 Å². The van der Waals surface area contributed by atoms with Crippen molar-refractivity contribution < 1.29 is 23.0 Å². The first-order valence-corrected chi connectivity index (χ1v) is 10.5. The van der Waals surface area contributed by atoms with E-state index in [4.69, 9.17) is 38.4 Å². The van der Waals surface area contributed by atoms with Gasteiger partial charge < -0.3 is 15.2 Å². The van der Waals surface area contributed by atoms with Crippen molar-refractivity contribution in [1.29, 1.82) is 0 Å². The monoisotopic (exact) mass is 508 g/mol. The van der Waals surface area contributed by atoms with Crippen molar-refractivity contribution in [2.75, 3.05) is 11.4 Å².